The molecule has 0 bridgehead atoms. The number of allylic oxidation sites excluding steroid dienone is 4. The molecule has 0 aliphatic carbocycles. The number of unbranched alkanes of at least 4 members (excludes halogenated alkanes) is 4. The monoisotopic (exact) mass is 267 g/mol. The van der Waals surface area contributed by atoms with E-state index in [1.165, 1.54) is 12.8 Å². The second kappa shape index (κ2) is 12.4. The highest BCUT2D eigenvalue weighted by Crippen LogP contribution is 2.07. The molecule has 0 aliphatic rings. The molecule has 0 aromatic heterocycles. The number of hydroxylamine groups is 3. The van der Waals surface area contributed by atoms with Crippen LogP contribution in [0.5, 0.6) is 0 Å². The van der Waals surface area contributed by atoms with Gasteiger partial charge in [0.1, 0.15) is 0 Å². The van der Waals surface area contributed by atoms with E-state index < -0.39 is 0 Å². The Labute approximate surface area is 120 Å². The van der Waals surface area contributed by atoms with E-state index in [-0.39, 0.29) is 4.65 Å². The third-order valence-electron chi connectivity index (χ3n) is 3.25. The Morgan fingerprint density at radius 3 is 1.47 bits per heavy atom. The summed E-state index contributed by atoms with van der Waals surface area (Å²) in [5.74, 6) is 0. The average Bonchev–Trinajstić information content (AvgIpc) is 2.38. The van der Waals surface area contributed by atoms with Gasteiger partial charge >= 0.3 is 0 Å². The smallest absolute Gasteiger partial charge is 0.0784 e. The molecule has 0 atom stereocenters. The summed E-state index contributed by atoms with van der Waals surface area (Å²) in [4.78, 5) is 0. The lowest BCUT2D eigenvalue weighted by atomic mass is 10.2. The lowest BCUT2D eigenvalue weighted by Gasteiger charge is -2.38. The van der Waals surface area contributed by atoms with Crippen LogP contribution in [0.15, 0.2) is 24.3 Å². The van der Waals surface area contributed by atoms with Gasteiger partial charge in [0.25, 0.3) is 0 Å². The summed E-state index contributed by atoms with van der Waals surface area (Å²) in [7, 11) is 1.81. The number of quaternary nitrogens is 1. The molecule has 0 aromatic carbocycles. The molecule has 0 fully saturated rings. The molecule has 0 rings (SSSR count). The Bertz CT molecular complexity index is 220. The van der Waals surface area contributed by atoms with Gasteiger partial charge in [-0.3, -0.25) is 0 Å². The van der Waals surface area contributed by atoms with Gasteiger partial charge in [-0.05, 0) is 25.7 Å². The van der Waals surface area contributed by atoms with E-state index in [4.69, 9.17) is 0 Å². The second-order valence-corrected chi connectivity index (χ2v) is 5.55. The molecule has 0 saturated carbocycles. The van der Waals surface area contributed by atoms with Crippen LogP contribution >= 0.6 is 0 Å². The van der Waals surface area contributed by atoms with Crippen molar-refractivity contribution in [2.45, 2.75) is 65.2 Å². The molecule has 2 heteroatoms. The Morgan fingerprint density at radius 2 is 1.11 bits per heavy atom. The summed E-state index contributed by atoms with van der Waals surface area (Å²) in [6.45, 7) is 5.86. The van der Waals surface area contributed by atoms with Gasteiger partial charge < -0.3 is 9.85 Å². The van der Waals surface area contributed by atoms with Crippen molar-refractivity contribution >= 4 is 0 Å². The first-order valence-electron chi connectivity index (χ1n) is 7.98. The molecule has 0 radical (unpaired) electrons. The first kappa shape index (κ1) is 18.4. The summed E-state index contributed by atoms with van der Waals surface area (Å²) >= 11 is 0. The van der Waals surface area contributed by atoms with Gasteiger partial charge in [0.05, 0.1) is 20.1 Å². The van der Waals surface area contributed by atoms with Crippen molar-refractivity contribution in [2.24, 2.45) is 0 Å². The summed E-state index contributed by atoms with van der Waals surface area (Å²) in [5, 5.41) is 12.2. The SMILES string of the molecule is CCC/C=C/CCC[N+](C)([O-])CCC/C=C/CCC. The van der Waals surface area contributed by atoms with Crippen LogP contribution in [0, 0.1) is 5.21 Å². The number of nitrogens with zero attached hydrogens (tertiary/aromatic N) is 1. The predicted molar refractivity (Wildman–Crippen MR) is 85.8 cm³/mol. The standard InChI is InChI=1S/C17H33NO/c1-4-6-8-10-12-14-16-18(3,19)17-15-13-11-9-7-5-2/h8-11H,4-7,12-17H2,1-3H3/b10-8+,11-9+. The summed E-state index contributed by atoms with van der Waals surface area (Å²) in [6.07, 6.45) is 17.7. The Balaban J connectivity index is 3.57. The molecular weight excluding hydrogens is 234 g/mol. The highest BCUT2D eigenvalue weighted by atomic mass is 16.5. The maximum atomic E-state index is 12.2. The van der Waals surface area contributed by atoms with E-state index in [1.807, 2.05) is 7.05 Å². The lowest BCUT2D eigenvalue weighted by molar-refractivity contribution is -0.861. The highest BCUT2D eigenvalue weighted by Gasteiger charge is 2.07. The fourth-order valence-corrected chi connectivity index (χ4v) is 2.00. The number of rotatable bonds is 12. The molecule has 112 valence electrons. The van der Waals surface area contributed by atoms with Gasteiger partial charge in [-0.1, -0.05) is 51.0 Å². The normalized spacial score (nSPS) is 12.8. The van der Waals surface area contributed by atoms with Gasteiger partial charge in [0, 0.05) is 12.8 Å². The second-order valence-electron chi connectivity index (χ2n) is 5.55. The van der Waals surface area contributed by atoms with Gasteiger partial charge in [-0.2, -0.15) is 0 Å². The molecule has 0 aliphatic heterocycles. The summed E-state index contributed by atoms with van der Waals surface area (Å²) in [5.41, 5.74) is 0. The summed E-state index contributed by atoms with van der Waals surface area (Å²) in [6, 6.07) is 0. The lowest BCUT2D eigenvalue weighted by Crippen LogP contribution is -2.39. The molecule has 0 saturated heterocycles. The van der Waals surface area contributed by atoms with Crippen molar-refractivity contribution in [1.82, 2.24) is 0 Å². The minimum absolute atomic E-state index is 0.0801. The zero-order valence-corrected chi connectivity index (χ0v) is 13.2. The summed E-state index contributed by atoms with van der Waals surface area (Å²) < 4.78 is -0.0801. The van der Waals surface area contributed by atoms with Crippen molar-refractivity contribution in [3.05, 3.63) is 29.5 Å². The first-order chi connectivity index (χ1) is 9.12. The largest absolute Gasteiger partial charge is 0.633 e. The van der Waals surface area contributed by atoms with Crippen molar-refractivity contribution in [3.63, 3.8) is 0 Å². The van der Waals surface area contributed by atoms with Crippen LogP contribution in [0.3, 0.4) is 0 Å². The fraction of sp³-hybridized carbons (Fsp3) is 0.765. The minimum Gasteiger partial charge on any atom is -0.633 e. The average molecular weight is 267 g/mol. The van der Waals surface area contributed by atoms with E-state index in [9.17, 15) is 5.21 Å². The third-order valence-corrected chi connectivity index (χ3v) is 3.25. The molecule has 19 heavy (non-hydrogen) atoms. The molecule has 0 N–H and O–H groups in total. The maximum Gasteiger partial charge on any atom is 0.0784 e. The van der Waals surface area contributed by atoms with E-state index in [0.29, 0.717) is 0 Å². The van der Waals surface area contributed by atoms with Crippen LogP contribution in [0.25, 0.3) is 0 Å². The van der Waals surface area contributed by atoms with Gasteiger partial charge in [-0.15, -0.1) is 0 Å². The Morgan fingerprint density at radius 1 is 0.737 bits per heavy atom. The zero-order chi connectivity index (χ0) is 14.4. The van der Waals surface area contributed by atoms with Gasteiger partial charge in [-0.25, -0.2) is 0 Å². The maximum absolute atomic E-state index is 12.2. The van der Waals surface area contributed by atoms with E-state index in [1.54, 1.807) is 0 Å². The molecule has 0 spiro atoms. The van der Waals surface area contributed by atoms with Crippen molar-refractivity contribution in [2.75, 3.05) is 20.1 Å². The van der Waals surface area contributed by atoms with Crippen LogP contribution in [-0.4, -0.2) is 24.8 Å². The van der Waals surface area contributed by atoms with E-state index in [0.717, 1.165) is 51.6 Å². The zero-order valence-electron chi connectivity index (χ0n) is 13.2. The van der Waals surface area contributed by atoms with E-state index in [2.05, 4.69) is 38.2 Å². The van der Waals surface area contributed by atoms with Crippen LogP contribution < -0.4 is 0 Å². The number of hydrogen-bond acceptors (Lipinski definition) is 1. The fourth-order valence-electron chi connectivity index (χ4n) is 2.00. The molecule has 0 aromatic rings. The molecular formula is C17H33NO. The first-order valence-corrected chi connectivity index (χ1v) is 7.98. The Kier molecular flexibility index (Phi) is 12.0. The topological polar surface area (TPSA) is 23.1 Å². The quantitative estimate of drug-likeness (QED) is 0.206. The van der Waals surface area contributed by atoms with Crippen molar-refractivity contribution in [3.8, 4) is 0 Å². The Hall–Kier alpha value is -0.600. The van der Waals surface area contributed by atoms with Crippen LogP contribution in [0.1, 0.15) is 65.2 Å². The highest BCUT2D eigenvalue weighted by molar-refractivity contribution is 4.81. The minimum atomic E-state index is -0.0801. The van der Waals surface area contributed by atoms with Gasteiger partial charge in [0.15, 0.2) is 0 Å². The molecule has 0 heterocycles. The van der Waals surface area contributed by atoms with Crippen LogP contribution in [-0.2, 0) is 0 Å². The van der Waals surface area contributed by atoms with Crippen LogP contribution in [0.4, 0.5) is 0 Å². The van der Waals surface area contributed by atoms with Crippen LogP contribution in [0.2, 0.25) is 0 Å². The third kappa shape index (κ3) is 13.6. The number of hydrogen-bond donors (Lipinski definition) is 0. The molecule has 0 unspecified atom stereocenters. The van der Waals surface area contributed by atoms with Crippen molar-refractivity contribution < 1.29 is 4.65 Å². The van der Waals surface area contributed by atoms with Crippen molar-refractivity contribution in [1.29, 1.82) is 0 Å². The predicted octanol–water partition coefficient (Wildman–Crippen LogP) is 5.20. The molecule has 2 nitrogen and oxygen atoms in total. The van der Waals surface area contributed by atoms with E-state index >= 15 is 0 Å². The van der Waals surface area contributed by atoms with Gasteiger partial charge in [0.2, 0.25) is 0 Å². The molecule has 0 amide bonds.